The summed E-state index contributed by atoms with van der Waals surface area (Å²) in [7, 11) is 0. The van der Waals surface area contributed by atoms with Gasteiger partial charge in [0, 0.05) is 5.56 Å². The normalized spacial score (nSPS) is 19.0. The van der Waals surface area contributed by atoms with Crippen LogP contribution in [0.5, 0.6) is 0 Å². The van der Waals surface area contributed by atoms with Gasteiger partial charge in [-0.1, -0.05) is 29.8 Å². The van der Waals surface area contributed by atoms with Gasteiger partial charge in [-0.05, 0) is 32.9 Å². The van der Waals surface area contributed by atoms with Crippen molar-refractivity contribution in [3.63, 3.8) is 0 Å². The molecule has 1 aliphatic heterocycles. The number of likely N-dealkylation sites (tertiary alicyclic amines) is 1. The first kappa shape index (κ1) is 19.9. The average molecular weight is 383 g/mol. The van der Waals surface area contributed by atoms with E-state index in [2.05, 4.69) is 13.8 Å². The van der Waals surface area contributed by atoms with E-state index in [1.54, 1.807) is 24.3 Å². The largest absolute Gasteiger partial charge is 0.507 e. The highest BCUT2D eigenvalue weighted by Gasteiger charge is 2.47. The number of quaternary nitrogens is 1. The number of amides is 1. The topological polar surface area (TPSA) is 75.2 Å². The molecule has 0 spiro atoms. The van der Waals surface area contributed by atoms with Crippen LogP contribution in [0.1, 0.15) is 36.8 Å². The molecule has 2 N–H and O–H groups in total. The van der Waals surface area contributed by atoms with Gasteiger partial charge in [-0.25, -0.2) is 0 Å². The molecule has 0 radical (unpaired) electrons. The first-order valence-electron chi connectivity index (χ1n) is 9.70. The number of benzene rings is 1. The van der Waals surface area contributed by atoms with Crippen LogP contribution in [-0.2, 0) is 9.59 Å². The smallest absolute Gasteiger partial charge is 0.295 e. The molecule has 2 aromatic rings. The first-order valence-corrected chi connectivity index (χ1v) is 9.70. The third-order valence-corrected chi connectivity index (χ3v) is 5.38. The predicted molar refractivity (Wildman–Crippen MR) is 106 cm³/mol. The summed E-state index contributed by atoms with van der Waals surface area (Å²) in [4.78, 5) is 28.5. The Morgan fingerprint density at radius 2 is 1.82 bits per heavy atom. The minimum absolute atomic E-state index is 0.0818. The van der Waals surface area contributed by atoms with Crippen LogP contribution in [0.2, 0.25) is 0 Å². The fourth-order valence-electron chi connectivity index (χ4n) is 3.60. The zero-order chi connectivity index (χ0) is 20.3. The Morgan fingerprint density at radius 3 is 2.39 bits per heavy atom. The average Bonchev–Trinajstić information content (AvgIpc) is 3.31. The number of ketones is 1. The van der Waals surface area contributed by atoms with Crippen LogP contribution in [-0.4, -0.2) is 47.9 Å². The lowest BCUT2D eigenvalue weighted by Crippen LogP contribution is -3.12. The number of hydrogen-bond acceptors (Lipinski definition) is 4. The zero-order valence-corrected chi connectivity index (χ0v) is 16.6. The lowest BCUT2D eigenvalue weighted by Gasteiger charge is -2.25. The first-order chi connectivity index (χ1) is 13.5. The third-order valence-electron chi connectivity index (χ3n) is 5.38. The van der Waals surface area contributed by atoms with Gasteiger partial charge < -0.3 is 19.3 Å². The number of hydrogen-bond donors (Lipinski definition) is 2. The van der Waals surface area contributed by atoms with Gasteiger partial charge >= 0.3 is 0 Å². The maximum absolute atomic E-state index is 12.8. The number of nitrogens with zero attached hydrogens (tertiary/aromatic N) is 1. The van der Waals surface area contributed by atoms with Crippen molar-refractivity contribution in [2.24, 2.45) is 0 Å². The number of furan rings is 1. The molecule has 1 aromatic heterocycles. The molecule has 3 rings (SSSR count). The predicted octanol–water partition coefficient (Wildman–Crippen LogP) is 1.93. The summed E-state index contributed by atoms with van der Waals surface area (Å²) in [5.41, 5.74) is 1.63. The number of Topliss-reactive ketones (excluding diaryl/α,β-unsaturated/α-hetero) is 1. The monoisotopic (exact) mass is 383 g/mol. The summed E-state index contributed by atoms with van der Waals surface area (Å²) < 4.78 is 5.54. The summed E-state index contributed by atoms with van der Waals surface area (Å²) >= 11 is 0. The van der Waals surface area contributed by atoms with Crippen LogP contribution in [0, 0.1) is 6.92 Å². The van der Waals surface area contributed by atoms with Crippen molar-refractivity contribution >= 4 is 17.4 Å². The molecule has 0 saturated carbocycles. The van der Waals surface area contributed by atoms with Gasteiger partial charge in [-0.15, -0.1) is 0 Å². The van der Waals surface area contributed by atoms with Crippen LogP contribution in [0.25, 0.3) is 5.76 Å². The van der Waals surface area contributed by atoms with E-state index in [0.717, 1.165) is 25.2 Å². The second-order valence-corrected chi connectivity index (χ2v) is 7.08. The highest BCUT2D eigenvalue weighted by molar-refractivity contribution is 6.46. The van der Waals surface area contributed by atoms with Crippen LogP contribution >= 0.6 is 0 Å². The SMILES string of the molecule is CC[NH+](CC)CCN1C(=O)C(=O)C(=C(O)c2ccc(C)cc2)[C@@H]1c1ccco1. The van der Waals surface area contributed by atoms with E-state index in [0.29, 0.717) is 17.9 Å². The van der Waals surface area contributed by atoms with Crippen LogP contribution in [0.3, 0.4) is 0 Å². The highest BCUT2D eigenvalue weighted by atomic mass is 16.3. The molecule has 1 aromatic carbocycles. The van der Waals surface area contributed by atoms with E-state index < -0.39 is 17.7 Å². The molecule has 28 heavy (non-hydrogen) atoms. The van der Waals surface area contributed by atoms with Crippen molar-refractivity contribution in [3.8, 4) is 0 Å². The molecule has 0 bridgehead atoms. The van der Waals surface area contributed by atoms with Crippen molar-refractivity contribution in [2.75, 3.05) is 26.2 Å². The van der Waals surface area contributed by atoms with Gasteiger partial charge in [0.05, 0.1) is 38.0 Å². The fraction of sp³-hybridized carbons (Fsp3) is 0.364. The van der Waals surface area contributed by atoms with Gasteiger partial charge in [-0.3, -0.25) is 9.59 Å². The minimum Gasteiger partial charge on any atom is -0.507 e. The summed E-state index contributed by atoms with van der Waals surface area (Å²) in [5.74, 6) is -0.963. The maximum atomic E-state index is 12.8. The van der Waals surface area contributed by atoms with Crippen molar-refractivity contribution in [1.82, 2.24) is 4.90 Å². The van der Waals surface area contributed by atoms with Crippen LogP contribution in [0.15, 0.2) is 52.7 Å². The number of aliphatic hydroxyl groups is 1. The van der Waals surface area contributed by atoms with E-state index in [1.165, 1.54) is 16.1 Å². The van der Waals surface area contributed by atoms with Crippen LogP contribution < -0.4 is 4.90 Å². The van der Waals surface area contributed by atoms with E-state index in [1.807, 2.05) is 19.1 Å². The molecule has 6 nitrogen and oxygen atoms in total. The molecule has 1 saturated heterocycles. The standard InChI is InChI=1S/C22H26N2O4/c1-4-23(5-2)12-13-24-19(17-7-6-14-28-17)18(21(26)22(24)27)20(25)16-10-8-15(3)9-11-16/h6-11,14,19,25H,4-5,12-13H2,1-3H3/p+1/t19-/m0/s1. The van der Waals surface area contributed by atoms with Gasteiger partial charge in [-0.2, -0.15) is 0 Å². The number of aryl methyl sites for hydroxylation is 1. The van der Waals surface area contributed by atoms with Gasteiger partial charge in [0.2, 0.25) is 0 Å². The molecule has 1 fully saturated rings. The molecular formula is C22H27N2O4+. The number of rotatable bonds is 7. The Morgan fingerprint density at radius 1 is 1.14 bits per heavy atom. The fourth-order valence-corrected chi connectivity index (χ4v) is 3.60. The van der Waals surface area contributed by atoms with E-state index in [-0.39, 0.29) is 11.3 Å². The molecule has 148 valence electrons. The summed E-state index contributed by atoms with van der Waals surface area (Å²) in [6.45, 7) is 9.15. The van der Waals surface area contributed by atoms with Gasteiger partial charge in [0.25, 0.3) is 11.7 Å². The summed E-state index contributed by atoms with van der Waals surface area (Å²) in [5, 5.41) is 10.9. The molecule has 1 aliphatic rings. The van der Waals surface area contributed by atoms with Crippen molar-refractivity contribution in [1.29, 1.82) is 0 Å². The summed E-state index contributed by atoms with van der Waals surface area (Å²) in [6, 6.07) is 9.95. The molecule has 0 aliphatic carbocycles. The number of nitrogens with one attached hydrogen (secondary N) is 1. The second kappa shape index (κ2) is 8.44. The van der Waals surface area contributed by atoms with Gasteiger partial charge in [0.15, 0.2) is 0 Å². The van der Waals surface area contributed by atoms with Gasteiger partial charge in [0.1, 0.15) is 17.6 Å². The number of carbonyl (C=O) groups is 2. The Bertz CT molecular complexity index is 864. The summed E-state index contributed by atoms with van der Waals surface area (Å²) in [6.07, 6.45) is 1.51. The van der Waals surface area contributed by atoms with Crippen LogP contribution in [0.4, 0.5) is 0 Å². The number of carbonyl (C=O) groups excluding carboxylic acids is 2. The third kappa shape index (κ3) is 3.73. The molecule has 6 heteroatoms. The lowest BCUT2D eigenvalue weighted by atomic mass is 9.99. The van der Waals surface area contributed by atoms with Crippen molar-refractivity contribution in [2.45, 2.75) is 26.8 Å². The second-order valence-electron chi connectivity index (χ2n) is 7.08. The Balaban J connectivity index is 2.03. The highest BCUT2D eigenvalue weighted by Crippen LogP contribution is 2.39. The zero-order valence-electron chi connectivity index (χ0n) is 16.6. The Labute approximate surface area is 165 Å². The molecule has 0 unspecified atom stereocenters. The van der Waals surface area contributed by atoms with E-state index >= 15 is 0 Å². The van der Waals surface area contributed by atoms with Crippen molar-refractivity contribution < 1.29 is 24.0 Å². The number of likely N-dealkylation sites (N-methyl/N-ethyl adjacent to an activating group) is 1. The molecule has 2 heterocycles. The Hall–Kier alpha value is -2.86. The van der Waals surface area contributed by atoms with Crippen molar-refractivity contribution in [3.05, 3.63) is 65.1 Å². The molecular weight excluding hydrogens is 356 g/mol. The lowest BCUT2D eigenvalue weighted by molar-refractivity contribution is -0.895. The molecule has 1 amide bonds. The Kier molecular flexibility index (Phi) is 5.99. The maximum Gasteiger partial charge on any atom is 0.295 e. The van der Waals surface area contributed by atoms with E-state index in [4.69, 9.17) is 4.42 Å². The van der Waals surface area contributed by atoms with E-state index in [9.17, 15) is 14.7 Å². The number of aliphatic hydroxyl groups excluding tert-OH is 1. The molecule has 1 atom stereocenters. The minimum atomic E-state index is -0.716. The quantitative estimate of drug-likeness (QED) is 0.435.